The predicted molar refractivity (Wildman–Crippen MR) is 101 cm³/mol. The second-order valence-corrected chi connectivity index (χ2v) is 6.80. The van der Waals surface area contributed by atoms with Crippen molar-refractivity contribution in [2.45, 2.75) is 32.9 Å². The molecule has 9 nitrogen and oxygen atoms in total. The number of pyridine rings is 1. The molecule has 0 saturated carbocycles. The summed E-state index contributed by atoms with van der Waals surface area (Å²) in [4.78, 5) is 21.0. The Labute approximate surface area is 160 Å². The molecule has 27 heavy (non-hydrogen) atoms. The molecule has 0 atom stereocenters. The Bertz CT molecular complexity index is 585. The van der Waals surface area contributed by atoms with E-state index in [1.54, 1.807) is 6.20 Å². The number of carbonyl (C=O) groups is 1. The summed E-state index contributed by atoms with van der Waals surface area (Å²) in [6.07, 6.45) is 1.73. The lowest BCUT2D eigenvalue weighted by Crippen LogP contribution is -2.36. The Morgan fingerprint density at radius 1 is 1.22 bits per heavy atom. The van der Waals surface area contributed by atoms with E-state index in [1.807, 2.05) is 43.9 Å². The first-order chi connectivity index (χ1) is 12.9. The van der Waals surface area contributed by atoms with E-state index in [-0.39, 0.29) is 12.5 Å². The van der Waals surface area contributed by atoms with Crippen LogP contribution < -0.4 is 0 Å². The van der Waals surface area contributed by atoms with E-state index in [0.29, 0.717) is 46.1 Å². The van der Waals surface area contributed by atoms with Crippen molar-refractivity contribution in [2.24, 2.45) is 5.11 Å². The molecular weight excluding hydrogens is 350 g/mol. The molecule has 9 heteroatoms. The minimum absolute atomic E-state index is 0.167. The average Bonchev–Trinajstić information content (AvgIpc) is 2.59. The van der Waals surface area contributed by atoms with Gasteiger partial charge in [-0.05, 0) is 38.4 Å². The zero-order valence-electron chi connectivity index (χ0n) is 16.3. The van der Waals surface area contributed by atoms with Crippen LogP contribution in [0, 0.1) is 0 Å². The van der Waals surface area contributed by atoms with Gasteiger partial charge in [0.2, 0.25) is 0 Å². The zero-order chi connectivity index (χ0) is 20.0. The molecule has 1 heterocycles. The summed E-state index contributed by atoms with van der Waals surface area (Å²) < 4.78 is 16.2. The second kappa shape index (κ2) is 13.1. The van der Waals surface area contributed by atoms with Crippen molar-refractivity contribution in [1.29, 1.82) is 0 Å². The molecule has 0 unspecified atom stereocenters. The molecule has 1 rings (SSSR count). The first-order valence-corrected chi connectivity index (χ1v) is 8.91. The summed E-state index contributed by atoms with van der Waals surface area (Å²) >= 11 is 0. The fraction of sp³-hybridized carbons (Fsp3) is 0.667. The molecule has 0 aromatic carbocycles. The van der Waals surface area contributed by atoms with Crippen LogP contribution in [0.4, 0.5) is 0 Å². The van der Waals surface area contributed by atoms with Gasteiger partial charge in [-0.1, -0.05) is 11.2 Å². The maximum absolute atomic E-state index is 12.1. The maximum Gasteiger partial charge on any atom is 0.320 e. The molecule has 0 aliphatic rings. The average molecular weight is 379 g/mol. The number of esters is 1. The highest BCUT2D eigenvalue weighted by atomic mass is 16.6. The minimum Gasteiger partial charge on any atom is -0.459 e. The molecular formula is C18H29N5O4. The Morgan fingerprint density at radius 3 is 2.59 bits per heavy atom. The molecule has 0 spiro atoms. The van der Waals surface area contributed by atoms with Crippen molar-refractivity contribution in [3.63, 3.8) is 0 Å². The minimum atomic E-state index is -0.517. The van der Waals surface area contributed by atoms with Crippen molar-refractivity contribution in [3.8, 4) is 0 Å². The van der Waals surface area contributed by atoms with Crippen LogP contribution in [0.5, 0.6) is 0 Å². The monoisotopic (exact) mass is 379 g/mol. The molecule has 0 radical (unpaired) electrons. The molecule has 150 valence electrons. The van der Waals surface area contributed by atoms with Gasteiger partial charge in [-0.25, -0.2) is 0 Å². The lowest BCUT2D eigenvalue weighted by Gasteiger charge is -2.24. The SMILES string of the molecule is CC(C)(C)OC(=O)CN(CCOCCOCCN=[N+]=[N-])Cc1ccccn1. The number of nitrogens with zero attached hydrogens (tertiary/aromatic N) is 5. The third-order valence-corrected chi connectivity index (χ3v) is 3.21. The van der Waals surface area contributed by atoms with Crippen molar-refractivity contribution in [3.05, 3.63) is 40.5 Å². The smallest absolute Gasteiger partial charge is 0.320 e. The number of hydrogen-bond donors (Lipinski definition) is 0. The summed E-state index contributed by atoms with van der Waals surface area (Å²) in [5, 5.41) is 3.38. The van der Waals surface area contributed by atoms with Gasteiger partial charge in [-0.3, -0.25) is 14.7 Å². The Balaban J connectivity index is 2.37. The molecule has 0 aliphatic heterocycles. The number of azide groups is 1. The third kappa shape index (κ3) is 12.7. The summed E-state index contributed by atoms with van der Waals surface area (Å²) in [7, 11) is 0. The Hall–Kier alpha value is -2.19. The highest BCUT2D eigenvalue weighted by molar-refractivity contribution is 5.72. The first kappa shape index (κ1) is 22.9. The van der Waals surface area contributed by atoms with Crippen LogP contribution in [0.15, 0.2) is 29.5 Å². The zero-order valence-corrected chi connectivity index (χ0v) is 16.3. The summed E-state index contributed by atoms with van der Waals surface area (Å²) in [5.41, 5.74) is 8.52. The molecule has 1 aromatic heterocycles. The number of carbonyl (C=O) groups excluding carboxylic acids is 1. The van der Waals surface area contributed by atoms with Crippen LogP contribution in [0.2, 0.25) is 0 Å². The van der Waals surface area contributed by atoms with Gasteiger partial charge in [0.1, 0.15) is 5.60 Å². The standard InChI is InChI=1S/C18H29N5O4/c1-18(2,3)27-17(24)15-23(14-16-6-4-5-7-20-16)9-11-26-13-12-25-10-8-21-22-19/h4-7H,8-15H2,1-3H3. The van der Waals surface area contributed by atoms with E-state index in [9.17, 15) is 4.79 Å². The fourth-order valence-electron chi connectivity index (χ4n) is 2.16. The predicted octanol–water partition coefficient (Wildman–Crippen LogP) is 2.57. The second-order valence-electron chi connectivity index (χ2n) is 6.80. The topological polar surface area (TPSA) is 110 Å². The van der Waals surface area contributed by atoms with Crippen LogP contribution in [-0.2, 0) is 25.5 Å². The summed E-state index contributed by atoms with van der Waals surface area (Å²) in [5.74, 6) is -0.278. The highest BCUT2D eigenvalue weighted by Gasteiger charge is 2.19. The summed E-state index contributed by atoms with van der Waals surface area (Å²) in [6, 6.07) is 5.69. The molecule has 0 aliphatic carbocycles. The van der Waals surface area contributed by atoms with E-state index in [1.165, 1.54) is 0 Å². The van der Waals surface area contributed by atoms with E-state index < -0.39 is 5.60 Å². The number of hydrogen-bond acceptors (Lipinski definition) is 7. The van der Waals surface area contributed by atoms with Crippen LogP contribution >= 0.6 is 0 Å². The van der Waals surface area contributed by atoms with Gasteiger partial charge in [0.05, 0.1) is 38.7 Å². The first-order valence-electron chi connectivity index (χ1n) is 8.91. The highest BCUT2D eigenvalue weighted by Crippen LogP contribution is 2.08. The fourth-order valence-corrected chi connectivity index (χ4v) is 2.16. The maximum atomic E-state index is 12.1. The quantitative estimate of drug-likeness (QED) is 0.171. The molecule has 1 aromatic rings. The van der Waals surface area contributed by atoms with Gasteiger partial charge in [-0.2, -0.15) is 0 Å². The lowest BCUT2D eigenvalue weighted by molar-refractivity contribution is -0.156. The molecule has 0 N–H and O–H groups in total. The van der Waals surface area contributed by atoms with E-state index in [4.69, 9.17) is 19.7 Å². The Morgan fingerprint density at radius 2 is 1.96 bits per heavy atom. The third-order valence-electron chi connectivity index (χ3n) is 3.21. The number of aromatic nitrogens is 1. The van der Waals surface area contributed by atoms with Crippen molar-refractivity contribution in [1.82, 2.24) is 9.88 Å². The molecule has 0 fully saturated rings. The summed E-state index contributed by atoms with van der Waals surface area (Å²) in [6.45, 7) is 8.79. The van der Waals surface area contributed by atoms with Gasteiger partial charge < -0.3 is 14.2 Å². The van der Waals surface area contributed by atoms with Gasteiger partial charge >= 0.3 is 5.97 Å². The van der Waals surface area contributed by atoms with Crippen molar-refractivity contribution >= 4 is 5.97 Å². The number of ether oxygens (including phenoxy) is 3. The number of rotatable bonds is 13. The van der Waals surface area contributed by atoms with Gasteiger partial charge in [0.25, 0.3) is 0 Å². The largest absolute Gasteiger partial charge is 0.459 e. The van der Waals surface area contributed by atoms with Crippen LogP contribution in [0.1, 0.15) is 26.5 Å². The molecule has 0 bridgehead atoms. The lowest BCUT2D eigenvalue weighted by atomic mass is 10.2. The van der Waals surface area contributed by atoms with Gasteiger partial charge in [0.15, 0.2) is 0 Å². The van der Waals surface area contributed by atoms with Crippen LogP contribution in [0.25, 0.3) is 10.4 Å². The van der Waals surface area contributed by atoms with Crippen molar-refractivity contribution in [2.75, 3.05) is 46.1 Å². The normalized spacial score (nSPS) is 11.3. The van der Waals surface area contributed by atoms with Crippen molar-refractivity contribution < 1.29 is 19.0 Å². The van der Waals surface area contributed by atoms with E-state index in [0.717, 1.165) is 5.69 Å². The molecule has 0 amide bonds. The van der Waals surface area contributed by atoms with E-state index >= 15 is 0 Å². The van der Waals surface area contributed by atoms with Gasteiger partial charge in [-0.15, -0.1) is 0 Å². The Kier molecular flexibility index (Phi) is 11.0. The van der Waals surface area contributed by atoms with E-state index in [2.05, 4.69) is 15.0 Å². The van der Waals surface area contributed by atoms with Crippen LogP contribution in [0.3, 0.4) is 0 Å². The molecule has 0 saturated heterocycles. The van der Waals surface area contributed by atoms with Crippen LogP contribution in [-0.4, -0.2) is 67.5 Å². The van der Waals surface area contributed by atoms with Gasteiger partial charge in [0, 0.05) is 30.7 Å².